The minimum atomic E-state index is -0.267. The van der Waals surface area contributed by atoms with Gasteiger partial charge in [0.05, 0.1) is 11.6 Å². The van der Waals surface area contributed by atoms with Crippen LogP contribution in [0.1, 0.15) is 5.69 Å². The molecule has 0 amide bonds. The summed E-state index contributed by atoms with van der Waals surface area (Å²) in [7, 11) is 0. The molecule has 7 heteroatoms. The molecule has 0 spiro atoms. The van der Waals surface area contributed by atoms with Gasteiger partial charge in [0.15, 0.2) is 4.34 Å². The number of aromatic nitrogens is 3. The molecule has 0 saturated heterocycles. The van der Waals surface area contributed by atoms with E-state index in [0.717, 1.165) is 4.34 Å². The first-order valence-electron chi connectivity index (χ1n) is 3.74. The molecule has 2 heterocycles. The van der Waals surface area contributed by atoms with Crippen molar-refractivity contribution in [3.05, 3.63) is 22.1 Å². The third-order valence-electron chi connectivity index (χ3n) is 1.62. The van der Waals surface area contributed by atoms with Crippen molar-refractivity contribution < 1.29 is 0 Å². The predicted molar refractivity (Wildman–Crippen MR) is 58.5 cm³/mol. The summed E-state index contributed by atoms with van der Waals surface area (Å²) in [6.07, 6.45) is 1.93. The Balaban J connectivity index is 2.78. The van der Waals surface area contributed by atoms with Gasteiger partial charge in [-0.15, -0.1) is 16.7 Å². The number of thioether (sulfide) groups is 1. The molecule has 2 aromatic rings. The highest BCUT2D eigenvalue weighted by molar-refractivity contribution is 8.00. The van der Waals surface area contributed by atoms with Gasteiger partial charge in [0.1, 0.15) is 0 Å². The number of fused-ring (bicyclic) bond motifs is 1. The SMILES string of the molecule is CSc1nn2c(CCl)cc(=O)nc2s1. The first kappa shape index (κ1) is 9.95. The quantitative estimate of drug-likeness (QED) is 0.598. The van der Waals surface area contributed by atoms with Crippen molar-refractivity contribution in [1.82, 2.24) is 14.6 Å². The van der Waals surface area contributed by atoms with Crippen LogP contribution >= 0.6 is 34.7 Å². The van der Waals surface area contributed by atoms with Gasteiger partial charge in [0, 0.05) is 6.07 Å². The fraction of sp³-hybridized carbons (Fsp3) is 0.286. The molecule has 0 fully saturated rings. The van der Waals surface area contributed by atoms with Crippen molar-refractivity contribution in [2.75, 3.05) is 6.26 Å². The molecular formula is C7H6ClN3OS2. The maximum atomic E-state index is 11.1. The summed E-state index contributed by atoms with van der Waals surface area (Å²) in [5.74, 6) is 0.260. The predicted octanol–water partition coefficient (Wildman–Crippen LogP) is 1.61. The van der Waals surface area contributed by atoms with Crippen molar-refractivity contribution in [2.24, 2.45) is 0 Å². The van der Waals surface area contributed by atoms with Crippen molar-refractivity contribution in [3.8, 4) is 0 Å². The second-order valence-electron chi connectivity index (χ2n) is 2.49. The lowest BCUT2D eigenvalue weighted by Gasteiger charge is -1.96. The first-order valence-corrected chi connectivity index (χ1v) is 6.32. The van der Waals surface area contributed by atoms with Crippen molar-refractivity contribution >= 4 is 39.7 Å². The Morgan fingerprint density at radius 1 is 1.71 bits per heavy atom. The highest BCUT2D eigenvalue weighted by atomic mass is 35.5. The Bertz CT molecular complexity index is 521. The van der Waals surface area contributed by atoms with E-state index in [1.54, 1.807) is 4.52 Å². The summed E-state index contributed by atoms with van der Waals surface area (Å²) >= 11 is 8.61. The lowest BCUT2D eigenvalue weighted by Crippen LogP contribution is -2.10. The molecule has 0 saturated carbocycles. The molecule has 14 heavy (non-hydrogen) atoms. The summed E-state index contributed by atoms with van der Waals surface area (Å²) in [5.41, 5.74) is 0.412. The Hall–Kier alpha value is -0.590. The van der Waals surface area contributed by atoms with E-state index >= 15 is 0 Å². The summed E-state index contributed by atoms with van der Waals surface area (Å²) in [5, 5.41) is 4.26. The molecule has 0 unspecified atom stereocenters. The number of alkyl halides is 1. The number of nitrogens with zero attached hydrogens (tertiary/aromatic N) is 3. The normalized spacial score (nSPS) is 11.0. The van der Waals surface area contributed by atoms with Crippen LogP contribution in [-0.4, -0.2) is 20.9 Å². The van der Waals surface area contributed by atoms with Crippen LogP contribution in [0.5, 0.6) is 0 Å². The molecule has 0 aromatic carbocycles. The van der Waals surface area contributed by atoms with E-state index in [1.807, 2.05) is 6.26 Å². The van der Waals surface area contributed by atoms with E-state index in [1.165, 1.54) is 29.2 Å². The Kier molecular flexibility index (Phi) is 2.76. The minimum Gasteiger partial charge on any atom is -0.267 e. The Morgan fingerprint density at radius 2 is 2.50 bits per heavy atom. The average Bonchev–Trinajstić information content (AvgIpc) is 2.59. The molecule has 0 bridgehead atoms. The summed E-state index contributed by atoms with van der Waals surface area (Å²) < 4.78 is 2.49. The van der Waals surface area contributed by atoms with Crippen LogP contribution in [0.3, 0.4) is 0 Å². The second kappa shape index (κ2) is 3.88. The van der Waals surface area contributed by atoms with E-state index in [-0.39, 0.29) is 11.4 Å². The molecule has 0 aliphatic heterocycles. The smallest absolute Gasteiger partial charge is 0.267 e. The fourth-order valence-electron chi connectivity index (χ4n) is 1.03. The van der Waals surface area contributed by atoms with Gasteiger partial charge < -0.3 is 0 Å². The van der Waals surface area contributed by atoms with E-state index in [0.29, 0.717) is 10.7 Å². The van der Waals surface area contributed by atoms with Gasteiger partial charge in [-0.3, -0.25) is 4.79 Å². The Morgan fingerprint density at radius 3 is 3.14 bits per heavy atom. The molecule has 0 atom stereocenters. The lowest BCUT2D eigenvalue weighted by atomic mass is 10.4. The average molecular weight is 248 g/mol. The maximum absolute atomic E-state index is 11.1. The number of halogens is 1. The van der Waals surface area contributed by atoms with Gasteiger partial charge in [-0.25, -0.2) is 4.52 Å². The summed E-state index contributed by atoms with van der Waals surface area (Å²) in [4.78, 5) is 15.6. The van der Waals surface area contributed by atoms with Crippen LogP contribution in [-0.2, 0) is 5.88 Å². The molecule has 0 aliphatic carbocycles. The van der Waals surface area contributed by atoms with Crippen molar-refractivity contribution in [3.63, 3.8) is 0 Å². The number of hydrogen-bond acceptors (Lipinski definition) is 5. The van der Waals surface area contributed by atoms with Crippen LogP contribution < -0.4 is 5.56 Å². The van der Waals surface area contributed by atoms with E-state index in [4.69, 9.17) is 11.6 Å². The molecule has 2 rings (SSSR count). The highest BCUT2D eigenvalue weighted by Crippen LogP contribution is 2.21. The van der Waals surface area contributed by atoms with Gasteiger partial charge in [0.25, 0.3) is 5.56 Å². The van der Waals surface area contributed by atoms with Gasteiger partial charge >= 0.3 is 0 Å². The monoisotopic (exact) mass is 247 g/mol. The topological polar surface area (TPSA) is 47.3 Å². The zero-order chi connectivity index (χ0) is 10.1. The third kappa shape index (κ3) is 1.65. The molecule has 0 radical (unpaired) electrons. The van der Waals surface area contributed by atoms with Gasteiger partial charge in [-0.1, -0.05) is 23.1 Å². The van der Waals surface area contributed by atoms with Crippen LogP contribution in [0.2, 0.25) is 0 Å². The maximum Gasteiger partial charge on any atom is 0.274 e. The molecular weight excluding hydrogens is 242 g/mol. The standard InChI is InChI=1S/C7H6ClN3OS2/c1-13-7-10-11-4(3-8)2-5(12)9-6(11)14-7/h2H,3H2,1H3. The Labute approximate surface area is 92.9 Å². The van der Waals surface area contributed by atoms with Gasteiger partial charge in [-0.05, 0) is 6.26 Å². The molecule has 2 aromatic heterocycles. The fourth-order valence-corrected chi connectivity index (χ4v) is 2.60. The van der Waals surface area contributed by atoms with Crippen LogP contribution in [0.15, 0.2) is 15.2 Å². The number of hydrogen-bond donors (Lipinski definition) is 0. The van der Waals surface area contributed by atoms with Crippen molar-refractivity contribution in [1.29, 1.82) is 0 Å². The van der Waals surface area contributed by atoms with Gasteiger partial charge in [0.2, 0.25) is 4.96 Å². The molecule has 0 aliphatic rings. The first-order chi connectivity index (χ1) is 6.74. The highest BCUT2D eigenvalue weighted by Gasteiger charge is 2.07. The van der Waals surface area contributed by atoms with E-state index in [9.17, 15) is 4.79 Å². The lowest BCUT2D eigenvalue weighted by molar-refractivity contribution is 0.842. The largest absolute Gasteiger partial charge is 0.274 e. The molecule has 4 nitrogen and oxygen atoms in total. The zero-order valence-corrected chi connectivity index (χ0v) is 9.62. The second-order valence-corrected chi connectivity index (χ2v) is 4.76. The van der Waals surface area contributed by atoms with E-state index < -0.39 is 0 Å². The van der Waals surface area contributed by atoms with Crippen molar-refractivity contribution in [2.45, 2.75) is 10.2 Å². The summed E-state index contributed by atoms with van der Waals surface area (Å²) in [6, 6.07) is 1.41. The molecule has 74 valence electrons. The zero-order valence-electron chi connectivity index (χ0n) is 7.23. The van der Waals surface area contributed by atoms with Crippen LogP contribution in [0, 0.1) is 0 Å². The van der Waals surface area contributed by atoms with Crippen LogP contribution in [0.4, 0.5) is 0 Å². The number of rotatable bonds is 2. The van der Waals surface area contributed by atoms with E-state index in [2.05, 4.69) is 10.1 Å². The van der Waals surface area contributed by atoms with Gasteiger partial charge in [-0.2, -0.15) is 4.98 Å². The summed E-state index contributed by atoms with van der Waals surface area (Å²) in [6.45, 7) is 0. The van der Waals surface area contributed by atoms with Crippen LogP contribution in [0.25, 0.3) is 4.96 Å². The molecule has 0 N–H and O–H groups in total. The third-order valence-corrected chi connectivity index (χ3v) is 3.78. The minimum absolute atomic E-state index is 0.260.